The van der Waals surface area contributed by atoms with Gasteiger partial charge < -0.3 is 9.13 Å². The third kappa shape index (κ3) is 12.3. The van der Waals surface area contributed by atoms with E-state index >= 15 is 0 Å². The maximum Gasteiger partial charge on any atom is 0.183 e. The van der Waals surface area contributed by atoms with E-state index in [4.69, 9.17) is 59.8 Å². The maximum absolute atomic E-state index is 5.46. The molecular weight excluding hydrogens is 1720 g/mol. The number of hydrogen-bond acceptors (Lipinski definition) is 28. The number of para-hydroxylation sites is 2. The minimum absolute atomic E-state index is 0.434. The van der Waals surface area contributed by atoms with E-state index in [1.807, 2.05) is 0 Å². The summed E-state index contributed by atoms with van der Waals surface area (Å²) >= 11 is 6.85. The lowest BCUT2D eigenvalue weighted by Gasteiger charge is -2.10. The molecule has 0 aliphatic rings. The lowest BCUT2D eigenvalue weighted by atomic mass is 10.0. The molecule has 0 spiro atoms. The third-order valence-electron chi connectivity index (χ3n) is 24.1. The Hall–Kier alpha value is -17.6. The van der Waals surface area contributed by atoms with E-state index in [0.29, 0.717) is 86.6 Å². The molecule has 0 N–H and O–H groups in total. The number of benzene rings is 12. The highest BCUT2D eigenvalue weighted by molar-refractivity contribution is 7.27. The smallest absolute Gasteiger partial charge is 0.183 e. The topological polar surface area (TPSA) is 319 Å². The largest absolute Gasteiger partial charge is 0.309 e. The van der Waals surface area contributed by atoms with Gasteiger partial charge in [0, 0.05) is 201 Å². The van der Waals surface area contributed by atoms with Crippen LogP contribution in [0, 0.1) is 0 Å². The standard InChI is InChI=1S/C102H52N26S4/c1-3-10-76-62(6-1)66-34-53(86-89(109-31-28-106-86)100-112-44-103-45-113-100)12-20-78(66)127(76)60-18-26-84-72(42-60)70-38-57(16-24-82(70)130-84)95-119-51-122-98(125-95)65-9-5-8-64-74-40-59(97-121-50-118-94(124-97)56-15-23-81-69(37-56)68-36-55(14-22-80(68)129-81)88-91(111-33-30-108-88)102-116-48-105-49-117-102)41-75(93(74)132-92(64)65)99-123-52-120-96(126-99)58-17-25-83-71(39-58)73-43-61(19-27-85(73)131-83)128-77-11-4-2-7-63(77)67-35-54(13-21-79(67)128)87-90(110-32-29-107-87)101-114-46-104-47-115-101/h1-52H. The second kappa shape index (κ2) is 30.0. The van der Waals surface area contributed by atoms with E-state index in [0.717, 1.165) is 186 Å². The van der Waals surface area contributed by atoms with E-state index in [1.165, 1.54) is 38.0 Å². The predicted octanol–water partition coefficient (Wildman–Crippen LogP) is 22.8. The van der Waals surface area contributed by atoms with Gasteiger partial charge in [-0.2, -0.15) is 0 Å². The first-order valence-corrected chi connectivity index (χ1v) is 45.0. The first kappa shape index (κ1) is 74.6. The van der Waals surface area contributed by atoms with Crippen molar-refractivity contribution in [2.24, 2.45) is 0 Å². The number of fused-ring (bicyclic) bond motifs is 18. The SMILES string of the molecule is c1cc(-c2ncnc(-c3ccc4sc5ccc(-n6c7ccccc7c7cc(-c8nccnc8-c8ncncn8)ccc76)cc5c4c3)n2)c2sc3c(-c4ncnc(-c5ccc6sc7ccc(-n8c9ccccc9c9cc(-c%10nccnc%10-c%10ncncn%10)ccc98)cc7c6c5)n4)cc(-c4ncnc(-c5ccc6sc7ccc(-c8nccnc8-c8ncncn8)cc7c6c5)n4)cc3c2c1. The van der Waals surface area contributed by atoms with Crippen molar-refractivity contribution in [3.05, 3.63) is 319 Å². The van der Waals surface area contributed by atoms with Gasteiger partial charge in [-0.1, -0.05) is 66.7 Å². The van der Waals surface area contributed by atoms with Crippen LogP contribution < -0.4 is 0 Å². The Bertz CT molecular complexity index is 9500. The number of nitrogens with zero attached hydrogens (tertiary/aromatic N) is 26. The molecule has 12 aromatic carbocycles. The van der Waals surface area contributed by atoms with E-state index in [1.54, 1.807) is 102 Å². The van der Waals surface area contributed by atoms with Crippen LogP contribution in [0.25, 0.3) is 272 Å². The number of thiophene rings is 4. The average Bonchev–Trinajstić information content (AvgIpc) is 1.56. The summed E-state index contributed by atoms with van der Waals surface area (Å²) in [6.07, 6.45) is 23.6. The maximum atomic E-state index is 5.46. The second-order valence-corrected chi connectivity index (χ2v) is 35.7. The Morgan fingerprint density at radius 3 is 0.932 bits per heavy atom. The van der Waals surface area contributed by atoms with Crippen LogP contribution in [-0.2, 0) is 0 Å². The van der Waals surface area contributed by atoms with Gasteiger partial charge in [0.2, 0.25) is 0 Å². The zero-order valence-electron chi connectivity index (χ0n) is 68.3. The summed E-state index contributed by atoms with van der Waals surface area (Å²) < 4.78 is 13.3. The van der Waals surface area contributed by atoms with Crippen LogP contribution in [-0.4, -0.2) is 129 Å². The highest BCUT2D eigenvalue weighted by atomic mass is 32.1. The summed E-state index contributed by atoms with van der Waals surface area (Å²) in [6.45, 7) is 0. The van der Waals surface area contributed by atoms with E-state index in [2.05, 4.69) is 293 Å². The zero-order chi connectivity index (χ0) is 86.6. The van der Waals surface area contributed by atoms with Gasteiger partial charge in [-0.05, 0) is 158 Å². The molecule has 27 rings (SSSR count). The average molecular weight is 1770 g/mol. The van der Waals surface area contributed by atoms with Gasteiger partial charge in [-0.3, -0.25) is 15.0 Å². The molecule has 0 radical (unpaired) electrons. The fourth-order valence-corrected chi connectivity index (χ4v) is 22.7. The number of hydrogen-bond donors (Lipinski definition) is 0. The molecule has 0 aliphatic carbocycles. The van der Waals surface area contributed by atoms with Gasteiger partial charge in [0.1, 0.15) is 74.0 Å². The highest BCUT2D eigenvalue weighted by Crippen LogP contribution is 2.49. The summed E-state index contributed by atoms with van der Waals surface area (Å²) in [5, 5.41) is 12.7. The molecule has 30 heteroatoms. The molecule has 0 bridgehead atoms. The van der Waals surface area contributed by atoms with Crippen molar-refractivity contribution in [1.82, 2.24) is 129 Å². The van der Waals surface area contributed by atoms with Crippen molar-refractivity contribution >= 4 is 170 Å². The Kier molecular flexibility index (Phi) is 17.0. The minimum atomic E-state index is 0.434. The van der Waals surface area contributed by atoms with Crippen molar-refractivity contribution in [2.45, 2.75) is 0 Å². The van der Waals surface area contributed by atoms with Gasteiger partial charge in [0.05, 0.1) is 39.1 Å². The molecule has 132 heavy (non-hydrogen) atoms. The van der Waals surface area contributed by atoms with Gasteiger partial charge in [-0.15, -0.1) is 45.3 Å². The van der Waals surface area contributed by atoms with Crippen LogP contribution in [0.4, 0.5) is 0 Å². The molecule has 0 fully saturated rings. The molecule has 0 unspecified atom stereocenters. The summed E-state index contributed by atoms with van der Waals surface area (Å²) in [5.41, 5.74) is 17.4. The lowest BCUT2D eigenvalue weighted by molar-refractivity contribution is 1.03. The zero-order valence-corrected chi connectivity index (χ0v) is 71.5. The quantitative estimate of drug-likeness (QED) is 0.0976. The molecule has 15 heterocycles. The predicted molar refractivity (Wildman–Crippen MR) is 519 cm³/mol. The van der Waals surface area contributed by atoms with Crippen molar-refractivity contribution in [3.63, 3.8) is 0 Å². The Morgan fingerprint density at radius 2 is 0.492 bits per heavy atom. The van der Waals surface area contributed by atoms with Crippen LogP contribution in [0.2, 0.25) is 0 Å². The summed E-state index contributed by atoms with van der Waals surface area (Å²) in [4.78, 5) is 113. The van der Waals surface area contributed by atoms with Crippen molar-refractivity contribution < 1.29 is 0 Å². The normalized spacial score (nSPS) is 11.9. The van der Waals surface area contributed by atoms with Gasteiger partial charge in [-0.25, -0.2) is 105 Å². The summed E-state index contributed by atoms with van der Waals surface area (Å²) in [5.74, 6) is 4.29. The first-order valence-electron chi connectivity index (χ1n) is 41.7. The van der Waals surface area contributed by atoms with Crippen LogP contribution >= 0.6 is 45.3 Å². The fraction of sp³-hybridized carbons (Fsp3) is 0. The minimum Gasteiger partial charge on any atom is -0.309 e. The second-order valence-electron chi connectivity index (χ2n) is 31.4. The molecule has 0 saturated carbocycles. The highest BCUT2D eigenvalue weighted by Gasteiger charge is 2.27. The van der Waals surface area contributed by atoms with Crippen molar-refractivity contribution in [1.29, 1.82) is 0 Å². The molecule has 15 aromatic heterocycles. The van der Waals surface area contributed by atoms with Crippen molar-refractivity contribution in [3.8, 4) is 148 Å². The Balaban J connectivity index is 0.568. The fourth-order valence-electron chi connectivity index (χ4n) is 18.2. The van der Waals surface area contributed by atoms with Crippen LogP contribution in [0.15, 0.2) is 319 Å². The summed E-state index contributed by atoms with van der Waals surface area (Å²) in [6, 6.07) is 79.5. The molecule has 0 aliphatic heterocycles. The third-order valence-corrected chi connectivity index (χ3v) is 28.8. The van der Waals surface area contributed by atoms with Crippen LogP contribution in [0.1, 0.15) is 0 Å². The van der Waals surface area contributed by atoms with Gasteiger partial charge in [0.15, 0.2) is 52.4 Å². The molecule has 26 nitrogen and oxygen atoms in total. The molecule has 0 saturated heterocycles. The van der Waals surface area contributed by atoms with Crippen LogP contribution in [0.3, 0.4) is 0 Å². The summed E-state index contributed by atoms with van der Waals surface area (Å²) in [7, 11) is 0. The molecule has 27 aromatic rings. The van der Waals surface area contributed by atoms with E-state index in [-0.39, 0.29) is 0 Å². The number of aromatic nitrogens is 26. The monoisotopic (exact) mass is 1770 g/mol. The molecule has 0 amide bonds. The van der Waals surface area contributed by atoms with Gasteiger partial charge >= 0.3 is 0 Å². The molecular formula is C102H52N26S4. The lowest BCUT2D eigenvalue weighted by Crippen LogP contribution is -1.98. The Morgan fingerprint density at radius 1 is 0.182 bits per heavy atom. The molecule has 0 atom stereocenters. The Labute approximate surface area is 759 Å². The van der Waals surface area contributed by atoms with E-state index in [9.17, 15) is 0 Å². The van der Waals surface area contributed by atoms with E-state index < -0.39 is 0 Å². The number of rotatable bonds is 14. The van der Waals surface area contributed by atoms with Crippen molar-refractivity contribution in [2.75, 3.05) is 0 Å². The molecule has 614 valence electrons. The first-order chi connectivity index (χ1) is 65.4. The van der Waals surface area contributed by atoms with Gasteiger partial charge in [0.25, 0.3) is 0 Å². The van der Waals surface area contributed by atoms with Crippen LogP contribution in [0.5, 0.6) is 0 Å².